The van der Waals surface area contributed by atoms with E-state index in [0.29, 0.717) is 13.0 Å². The minimum atomic E-state index is -0.280. The summed E-state index contributed by atoms with van der Waals surface area (Å²) in [5, 5.41) is 2.79. The molecule has 0 unspecified atom stereocenters. The molecule has 0 spiro atoms. The molecule has 0 saturated carbocycles. The van der Waals surface area contributed by atoms with E-state index in [-0.39, 0.29) is 24.2 Å². The Bertz CT molecular complexity index is 714. The lowest BCUT2D eigenvalue weighted by atomic mass is 10.1. The predicted octanol–water partition coefficient (Wildman–Crippen LogP) is 2.85. The van der Waals surface area contributed by atoms with Crippen LogP contribution in [0.25, 0.3) is 0 Å². The van der Waals surface area contributed by atoms with Crippen molar-refractivity contribution in [2.75, 3.05) is 18.0 Å². The number of carbonyl (C=O) groups excluding carboxylic acids is 2. The van der Waals surface area contributed by atoms with E-state index in [2.05, 4.69) is 5.32 Å². The molecule has 0 fully saturated rings. The number of para-hydroxylation sites is 1. The van der Waals surface area contributed by atoms with Crippen LogP contribution < -0.4 is 10.2 Å². The van der Waals surface area contributed by atoms with Gasteiger partial charge in [0.25, 0.3) is 0 Å². The van der Waals surface area contributed by atoms with Gasteiger partial charge in [0.2, 0.25) is 11.8 Å². The largest absolute Gasteiger partial charge is 0.354 e. The molecule has 0 radical (unpaired) electrons. The SMILES string of the molecule is CC(=O)N(CC(=O)NCCc1ccc(F)cc1)c1ccccc1C. The molecule has 2 aromatic rings. The van der Waals surface area contributed by atoms with Crippen LogP contribution in [-0.2, 0) is 16.0 Å². The Morgan fingerprint density at radius 2 is 1.75 bits per heavy atom. The number of benzene rings is 2. The zero-order valence-electron chi connectivity index (χ0n) is 13.9. The minimum Gasteiger partial charge on any atom is -0.354 e. The molecule has 2 amide bonds. The molecule has 2 aromatic carbocycles. The van der Waals surface area contributed by atoms with Crippen molar-refractivity contribution in [2.45, 2.75) is 20.3 Å². The van der Waals surface area contributed by atoms with Crippen LogP contribution in [-0.4, -0.2) is 24.9 Å². The molecule has 2 rings (SSSR count). The fraction of sp³-hybridized carbons (Fsp3) is 0.263. The summed E-state index contributed by atoms with van der Waals surface area (Å²) in [6.07, 6.45) is 0.608. The molecule has 126 valence electrons. The lowest BCUT2D eigenvalue weighted by molar-refractivity contribution is -0.123. The van der Waals surface area contributed by atoms with Crippen molar-refractivity contribution in [1.82, 2.24) is 5.32 Å². The van der Waals surface area contributed by atoms with Crippen molar-refractivity contribution in [3.05, 3.63) is 65.5 Å². The molecule has 0 atom stereocenters. The average molecular weight is 328 g/mol. The average Bonchev–Trinajstić information content (AvgIpc) is 2.55. The Labute approximate surface area is 141 Å². The van der Waals surface area contributed by atoms with Gasteiger partial charge in [-0.15, -0.1) is 0 Å². The van der Waals surface area contributed by atoms with Gasteiger partial charge in [0, 0.05) is 19.2 Å². The summed E-state index contributed by atoms with van der Waals surface area (Å²) in [4.78, 5) is 25.5. The van der Waals surface area contributed by atoms with E-state index in [1.807, 2.05) is 31.2 Å². The fourth-order valence-corrected chi connectivity index (χ4v) is 2.43. The molecule has 0 aliphatic carbocycles. The molecule has 4 nitrogen and oxygen atoms in total. The van der Waals surface area contributed by atoms with Crippen LogP contribution in [0.3, 0.4) is 0 Å². The van der Waals surface area contributed by atoms with Crippen molar-refractivity contribution in [3.63, 3.8) is 0 Å². The van der Waals surface area contributed by atoms with Crippen LogP contribution in [0.5, 0.6) is 0 Å². The highest BCUT2D eigenvalue weighted by atomic mass is 19.1. The summed E-state index contributed by atoms with van der Waals surface area (Å²) in [7, 11) is 0. The zero-order chi connectivity index (χ0) is 17.5. The number of carbonyl (C=O) groups is 2. The topological polar surface area (TPSA) is 49.4 Å². The second-order valence-corrected chi connectivity index (χ2v) is 5.62. The number of aryl methyl sites for hydroxylation is 1. The van der Waals surface area contributed by atoms with Crippen LogP contribution in [0.1, 0.15) is 18.1 Å². The smallest absolute Gasteiger partial charge is 0.240 e. The van der Waals surface area contributed by atoms with Crippen molar-refractivity contribution < 1.29 is 14.0 Å². The van der Waals surface area contributed by atoms with Gasteiger partial charge in [-0.05, 0) is 42.7 Å². The van der Waals surface area contributed by atoms with Crippen LogP contribution in [0.15, 0.2) is 48.5 Å². The van der Waals surface area contributed by atoms with Crippen molar-refractivity contribution >= 4 is 17.5 Å². The quantitative estimate of drug-likeness (QED) is 0.886. The second kappa shape index (κ2) is 8.24. The summed E-state index contributed by atoms with van der Waals surface area (Å²) < 4.78 is 12.8. The van der Waals surface area contributed by atoms with Gasteiger partial charge in [-0.1, -0.05) is 30.3 Å². The molecule has 0 aromatic heterocycles. The van der Waals surface area contributed by atoms with Gasteiger partial charge in [0.1, 0.15) is 12.4 Å². The van der Waals surface area contributed by atoms with E-state index < -0.39 is 0 Å². The summed E-state index contributed by atoms with van der Waals surface area (Å²) in [6, 6.07) is 13.6. The van der Waals surface area contributed by atoms with Gasteiger partial charge in [0.05, 0.1) is 0 Å². The Balaban J connectivity index is 1.90. The third kappa shape index (κ3) is 4.91. The van der Waals surface area contributed by atoms with Crippen molar-refractivity contribution in [2.24, 2.45) is 0 Å². The first-order chi connectivity index (χ1) is 11.5. The number of hydrogen-bond donors (Lipinski definition) is 1. The Kier molecular flexibility index (Phi) is 6.07. The normalized spacial score (nSPS) is 10.3. The molecule has 0 aliphatic rings. The van der Waals surface area contributed by atoms with E-state index in [1.165, 1.54) is 24.0 Å². The molecule has 0 bridgehead atoms. The van der Waals surface area contributed by atoms with E-state index >= 15 is 0 Å². The van der Waals surface area contributed by atoms with Crippen molar-refractivity contribution in [3.8, 4) is 0 Å². The van der Waals surface area contributed by atoms with Gasteiger partial charge in [-0.2, -0.15) is 0 Å². The Morgan fingerprint density at radius 3 is 2.38 bits per heavy atom. The molecule has 0 aliphatic heterocycles. The first-order valence-corrected chi connectivity index (χ1v) is 7.82. The molecular formula is C19H21FN2O2. The number of nitrogens with zero attached hydrogens (tertiary/aromatic N) is 1. The molecular weight excluding hydrogens is 307 g/mol. The van der Waals surface area contributed by atoms with Crippen LogP contribution in [0, 0.1) is 12.7 Å². The van der Waals surface area contributed by atoms with E-state index in [1.54, 1.807) is 12.1 Å². The van der Waals surface area contributed by atoms with Gasteiger partial charge in [0.15, 0.2) is 0 Å². The number of rotatable bonds is 6. The molecule has 1 N–H and O–H groups in total. The van der Waals surface area contributed by atoms with E-state index in [9.17, 15) is 14.0 Å². The maximum atomic E-state index is 12.8. The molecule has 5 heteroatoms. The number of halogens is 1. The number of nitrogens with one attached hydrogen (secondary N) is 1. The Morgan fingerprint density at radius 1 is 1.08 bits per heavy atom. The molecule has 0 saturated heterocycles. The fourth-order valence-electron chi connectivity index (χ4n) is 2.43. The van der Waals surface area contributed by atoms with Gasteiger partial charge in [-0.25, -0.2) is 4.39 Å². The minimum absolute atomic E-state index is 0.0242. The van der Waals surface area contributed by atoms with E-state index in [4.69, 9.17) is 0 Å². The van der Waals surface area contributed by atoms with E-state index in [0.717, 1.165) is 16.8 Å². The zero-order valence-corrected chi connectivity index (χ0v) is 13.9. The maximum Gasteiger partial charge on any atom is 0.240 e. The van der Waals surface area contributed by atoms with Gasteiger partial charge in [-0.3, -0.25) is 9.59 Å². The Hall–Kier alpha value is -2.69. The third-order valence-electron chi connectivity index (χ3n) is 3.74. The highest BCUT2D eigenvalue weighted by Crippen LogP contribution is 2.19. The second-order valence-electron chi connectivity index (χ2n) is 5.62. The summed E-state index contributed by atoms with van der Waals surface area (Å²) in [6.45, 7) is 3.75. The highest BCUT2D eigenvalue weighted by molar-refractivity contribution is 5.98. The number of anilines is 1. The van der Waals surface area contributed by atoms with Gasteiger partial charge >= 0.3 is 0 Å². The number of hydrogen-bond acceptors (Lipinski definition) is 2. The first kappa shape index (κ1) is 17.7. The first-order valence-electron chi connectivity index (χ1n) is 7.82. The highest BCUT2D eigenvalue weighted by Gasteiger charge is 2.16. The summed E-state index contributed by atoms with van der Waals surface area (Å²) >= 11 is 0. The monoisotopic (exact) mass is 328 g/mol. The van der Waals surface area contributed by atoms with Crippen LogP contribution in [0.2, 0.25) is 0 Å². The molecule has 24 heavy (non-hydrogen) atoms. The third-order valence-corrected chi connectivity index (χ3v) is 3.74. The number of amides is 2. The summed E-state index contributed by atoms with van der Waals surface area (Å²) in [5.41, 5.74) is 2.62. The standard InChI is InChI=1S/C19H21FN2O2/c1-14-5-3-4-6-18(14)22(15(2)23)13-19(24)21-12-11-16-7-9-17(20)10-8-16/h3-10H,11-13H2,1-2H3,(H,21,24). The van der Waals surface area contributed by atoms with Gasteiger partial charge < -0.3 is 10.2 Å². The molecule has 0 heterocycles. The predicted molar refractivity (Wildman–Crippen MR) is 92.3 cm³/mol. The van der Waals surface area contributed by atoms with Crippen LogP contribution in [0.4, 0.5) is 10.1 Å². The van der Waals surface area contributed by atoms with Crippen LogP contribution >= 0.6 is 0 Å². The maximum absolute atomic E-state index is 12.8. The lowest BCUT2D eigenvalue weighted by Crippen LogP contribution is -2.40. The summed E-state index contributed by atoms with van der Waals surface area (Å²) in [5.74, 6) is -0.688. The lowest BCUT2D eigenvalue weighted by Gasteiger charge is -2.22. The van der Waals surface area contributed by atoms with Crippen molar-refractivity contribution in [1.29, 1.82) is 0 Å².